The minimum atomic E-state index is -1.17. The molecule has 0 amide bonds. The Morgan fingerprint density at radius 3 is 2.69 bits per heavy atom. The lowest BCUT2D eigenvalue weighted by molar-refractivity contribution is -0.331. The van der Waals surface area contributed by atoms with E-state index >= 15 is 0 Å². The molecule has 0 aromatic carbocycles. The van der Waals surface area contributed by atoms with Crippen LogP contribution in [0, 0.1) is 0 Å². The second-order valence-electron chi connectivity index (χ2n) is 3.01. The third-order valence-corrected chi connectivity index (χ3v) is 1.86. The topological polar surface area (TPSA) is 44.8 Å². The first kappa shape index (κ1) is 10.2. The van der Waals surface area contributed by atoms with E-state index in [2.05, 4.69) is 6.58 Å². The van der Waals surface area contributed by atoms with Crippen LogP contribution in [0.1, 0.15) is 19.8 Å². The summed E-state index contributed by atoms with van der Waals surface area (Å²) in [6.07, 6.45) is 1.40. The Morgan fingerprint density at radius 2 is 2.31 bits per heavy atom. The van der Waals surface area contributed by atoms with Gasteiger partial charge in [-0.1, -0.05) is 6.58 Å². The van der Waals surface area contributed by atoms with Gasteiger partial charge in [-0.3, -0.25) is 0 Å². The smallest absolute Gasteiger partial charge is 0.337 e. The Balaban J connectivity index is 2.58. The zero-order chi connectivity index (χ0) is 9.90. The number of ether oxygens (including phenoxy) is 3. The molecule has 0 radical (unpaired) electrons. The van der Waals surface area contributed by atoms with E-state index in [4.69, 9.17) is 14.2 Å². The van der Waals surface area contributed by atoms with Gasteiger partial charge in [-0.15, -0.1) is 0 Å². The molecule has 0 aromatic rings. The Labute approximate surface area is 77.5 Å². The molecule has 1 fully saturated rings. The van der Waals surface area contributed by atoms with Crippen molar-refractivity contribution in [2.24, 2.45) is 0 Å². The molecule has 1 atom stereocenters. The maximum Gasteiger partial charge on any atom is 0.337 e. The van der Waals surface area contributed by atoms with Crippen LogP contribution in [-0.2, 0) is 19.0 Å². The monoisotopic (exact) mass is 186 g/mol. The van der Waals surface area contributed by atoms with Crippen molar-refractivity contribution in [2.75, 3.05) is 13.7 Å². The lowest BCUT2D eigenvalue weighted by Crippen LogP contribution is -2.36. The maximum absolute atomic E-state index is 11.2. The van der Waals surface area contributed by atoms with Crippen LogP contribution in [0.2, 0.25) is 0 Å². The number of methoxy groups -OCH3 is 1. The molecule has 1 unspecified atom stereocenters. The van der Waals surface area contributed by atoms with E-state index in [-0.39, 0.29) is 0 Å². The summed E-state index contributed by atoms with van der Waals surface area (Å²) in [5.74, 6) is -1.65. The zero-order valence-corrected chi connectivity index (χ0v) is 7.96. The minimum absolute atomic E-state index is 0.340. The van der Waals surface area contributed by atoms with E-state index in [1.165, 1.54) is 7.11 Å². The van der Waals surface area contributed by atoms with Crippen LogP contribution < -0.4 is 0 Å². The molecule has 1 aliphatic rings. The summed E-state index contributed by atoms with van der Waals surface area (Å²) in [6.45, 7) is 5.61. The summed E-state index contributed by atoms with van der Waals surface area (Å²) in [7, 11) is 1.46. The van der Waals surface area contributed by atoms with Crippen LogP contribution in [-0.4, -0.2) is 25.7 Å². The molecular weight excluding hydrogens is 172 g/mol. The number of carbonyl (C=O) groups is 1. The van der Waals surface area contributed by atoms with Crippen LogP contribution in [0.15, 0.2) is 12.2 Å². The van der Waals surface area contributed by atoms with Gasteiger partial charge in [0.05, 0.1) is 6.61 Å². The second-order valence-corrected chi connectivity index (χ2v) is 3.01. The van der Waals surface area contributed by atoms with Crippen molar-refractivity contribution in [3.05, 3.63) is 12.2 Å². The van der Waals surface area contributed by atoms with Crippen LogP contribution in [0.5, 0.6) is 0 Å². The Hall–Kier alpha value is -0.870. The molecule has 1 saturated heterocycles. The van der Waals surface area contributed by atoms with Gasteiger partial charge in [0.25, 0.3) is 0 Å². The second kappa shape index (κ2) is 3.89. The first-order chi connectivity index (χ1) is 6.09. The molecule has 0 N–H and O–H groups in total. The van der Waals surface area contributed by atoms with Gasteiger partial charge in [0.15, 0.2) is 0 Å². The van der Waals surface area contributed by atoms with Crippen LogP contribution in [0.3, 0.4) is 0 Å². The van der Waals surface area contributed by atoms with Gasteiger partial charge in [0.1, 0.15) is 0 Å². The van der Waals surface area contributed by atoms with Gasteiger partial charge in [-0.25, -0.2) is 4.79 Å². The van der Waals surface area contributed by atoms with Crippen molar-refractivity contribution in [1.82, 2.24) is 0 Å². The Bertz CT molecular complexity index is 216. The van der Waals surface area contributed by atoms with Gasteiger partial charge < -0.3 is 14.2 Å². The standard InChI is InChI=1S/C9H14O4/c1-7(2)8(10)13-9(11-3)5-4-6-12-9/h1,4-6H2,2-3H3. The van der Waals surface area contributed by atoms with Gasteiger partial charge >= 0.3 is 11.9 Å². The Kier molecular flexibility index (Phi) is 3.06. The summed E-state index contributed by atoms with van der Waals surface area (Å²) in [5, 5.41) is 0. The highest BCUT2D eigenvalue weighted by atomic mass is 16.9. The number of hydrogen-bond acceptors (Lipinski definition) is 4. The lowest BCUT2D eigenvalue weighted by atomic mass is 10.3. The molecule has 4 nitrogen and oxygen atoms in total. The Morgan fingerprint density at radius 1 is 1.62 bits per heavy atom. The fraction of sp³-hybridized carbons (Fsp3) is 0.667. The molecule has 1 rings (SSSR count). The van der Waals surface area contributed by atoms with Gasteiger partial charge in [-0.2, -0.15) is 0 Å². The van der Waals surface area contributed by atoms with Crippen molar-refractivity contribution in [1.29, 1.82) is 0 Å². The average molecular weight is 186 g/mol. The minimum Gasteiger partial charge on any atom is -0.404 e. The highest BCUT2D eigenvalue weighted by Crippen LogP contribution is 2.28. The summed E-state index contributed by atoms with van der Waals surface area (Å²) in [5.41, 5.74) is 0.340. The fourth-order valence-corrected chi connectivity index (χ4v) is 1.10. The highest BCUT2D eigenvalue weighted by Gasteiger charge is 2.39. The molecule has 1 aliphatic heterocycles. The van der Waals surface area contributed by atoms with E-state index < -0.39 is 11.9 Å². The molecular formula is C9H14O4. The predicted molar refractivity (Wildman–Crippen MR) is 45.8 cm³/mol. The highest BCUT2D eigenvalue weighted by molar-refractivity contribution is 5.87. The fourth-order valence-electron chi connectivity index (χ4n) is 1.10. The number of hydrogen-bond donors (Lipinski definition) is 0. The van der Waals surface area contributed by atoms with Crippen LogP contribution in [0.25, 0.3) is 0 Å². The molecule has 1 heterocycles. The predicted octanol–water partition coefficient (Wildman–Crippen LogP) is 1.22. The van der Waals surface area contributed by atoms with E-state index in [9.17, 15) is 4.79 Å². The summed E-state index contributed by atoms with van der Waals surface area (Å²) >= 11 is 0. The average Bonchev–Trinajstić information content (AvgIpc) is 2.54. The summed E-state index contributed by atoms with van der Waals surface area (Å²) in [6, 6.07) is 0. The first-order valence-electron chi connectivity index (χ1n) is 4.17. The molecule has 0 bridgehead atoms. The third kappa shape index (κ3) is 2.29. The van der Waals surface area contributed by atoms with Crippen molar-refractivity contribution < 1.29 is 19.0 Å². The molecule has 0 spiro atoms. The number of esters is 1. The summed E-state index contributed by atoms with van der Waals surface area (Å²) < 4.78 is 15.2. The maximum atomic E-state index is 11.2. The van der Waals surface area contributed by atoms with Gasteiger partial charge in [0.2, 0.25) is 0 Å². The molecule has 0 aromatic heterocycles. The SMILES string of the molecule is C=C(C)C(=O)OC1(OC)CCCO1. The number of carbonyl (C=O) groups excluding carboxylic acids is 1. The van der Waals surface area contributed by atoms with E-state index in [1.807, 2.05) is 0 Å². The van der Waals surface area contributed by atoms with Crippen molar-refractivity contribution >= 4 is 5.97 Å². The van der Waals surface area contributed by atoms with Gasteiger partial charge in [0, 0.05) is 19.1 Å². The van der Waals surface area contributed by atoms with E-state index in [1.54, 1.807) is 6.92 Å². The van der Waals surface area contributed by atoms with Gasteiger partial charge in [-0.05, 0) is 13.3 Å². The van der Waals surface area contributed by atoms with Crippen molar-refractivity contribution in [3.8, 4) is 0 Å². The molecule has 0 aliphatic carbocycles. The molecule has 13 heavy (non-hydrogen) atoms. The number of rotatable bonds is 3. The molecule has 4 heteroatoms. The molecule has 74 valence electrons. The normalized spacial score (nSPS) is 27.2. The van der Waals surface area contributed by atoms with E-state index in [0.29, 0.717) is 18.6 Å². The van der Waals surface area contributed by atoms with Crippen molar-refractivity contribution in [2.45, 2.75) is 25.7 Å². The summed E-state index contributed by atoms with van der Waals surface area (Å²) in [4.78, 5) is 11.2. The first-order valence-corrected chi connectivity index (χ1v) is 4.17. The quantitative estimate of drug-likeness (QED) is 0.377. The third-order valence-electron chi connectivity index (χ3n) is 1.86. The lowest BCUT2D eigenvalue weighted by Gasteiger charge is -2.25. The molecule has 0 saturated carbocycles. The van der Waals surface area contributed by atoms with Crippen LogP contribution in [0.4, 0.5) is 0 Å². The van der Waals surface area contributed by atoms with Crippen LogP contribution >= 0.6 is 0 Å². The zero-order valence-electron chi connectivity index (χ0n) is 7.96. The van der Waals surface area contributed by atoms with Crippen molar-refractivity contribution in [3.63, 3.8) is 0 Å². The van der Waals surface area contributed by atoms with E-state index in [0.717, 1.165) is 6.42 Å². The largest absolute Gasteiger partial charge is 0.404 e.